The van der Waals surface area contributed by atoms with E-state index in [2.05, 4.69) is 20.9 Å². The van der Waals surface area contributed by atoms with Gasteiger partial charge in [0, 0.05) is 12.1 Å². The zero-order chi connectivity index (χ0) is 12.7. The van der Waals surface area contributed by atoms with Gasteiger partial charge in [-0.15, -0.1) is 11.6 Å². The third-order valence-electron chi connectivity index (χ3n) is 2.63. The van der Waals surface area contributed by atoms with Crippen molar-refractivity contribution < 1.29 is 4.39 Å². The van der Waals surface area contributed by atoms with E-state index < -0.39 is 0 Å². The molecule has 0 bridgehead atoms. The minimum Gasteiger partial charge on any atom is -0.324 e. The number of fused-ring (bicyclic) bond motifs is 1. The molecule has 1 aromatic heterocycles. The number of hydrogen-bond donors (Lipinski definition) is 0. The van der Waals surface area contributed by atoms with Gasteiger partial charge in [0.25, 0.3) is 0 Å². The zero-order valence-electron chi connectivity index (χ0n) is 9.84. The van der Waals surface area contributed by atoms with E-state index in [1.165, 1.54) is 6.07 Å². The van der Waals surface area contributed by atoms with Crippen LogP contribution in [0.3, 0.4) is 0 Å². The number of halogens is 3. The van der Waals surface area contributed by atoms with E-state index >= 15 is 0 Å². The number of imidazole rings is 1. The summed E-state index contributed by atoms with van der Waals surface area (Å²) in [6, 6.07) is 3.37. The molecule has 1 heterocycles. The van der Waals surface area contributed by atoms with Crippen LogP contribution in [-0.4, -0.2) is 9.55 Å². The lowest BCUT2D eigenvalue weighted by atomic mass is 10.3. The van der Waals surface area contributed by atoms with Gasteiger partial charge < -0.3 is 4.57 Å². The highest BCUT2D eigenvalue weighted by atomic mass is 79.9. The fourth-order valence-electron chi connectivity index (χ4n) is 1.93. The van der Waals surface area contributed by atoms with Crippen LogP contribution >= 0.6 is 27.5 Å². The number of aromatic nitrogens is 2. The van der Waals surface area contributed by atoms with Gasteiger partial charge in [-0.1, -0.05) is 0 Å². The smallest absolute Gasteiger partial charge is 0.139 e. The highest BCUT2D eigenvalue weighted by molar-refractivity contribution is 9.10. The van der Waals surface area contributed by atoms with Crippen LogP contribution in [0.2, 0.25) is 0 Å². The molecule has 2 rings (SSSR count). The van der Waals surface area contributed by atoms with Crippen LogP contribution in [0.25, 0.3) is 11.0 Å². The summed E-state index contributed by atoms with van der Waals surface area (Å²) >= 11 is 9.28. The van der Waals surface area contributed by atoms with Crippen molar-refractivity contribution in [3.05, 3.63) is 28.2 Å². The second kappa shape index (κ2) is 4.58. The van der Waals surface area contributed by atoms with Crippen molar-refractivity contribution in [2.45, 2.75) is 32.2 Å². The van der Waals surface area contributed by atoms with Gasteiger partial charge >= 0.3 is 0 Å². The summed E-state index contributed by atoms with van der Waals surface area (Å²) in [5.74, 6) is 0.488. The number of benzene rings is 1. The van der Waals surface area contributed by atoms with Crippen LogP contribution in [-0.2, 0) is 0 Å². The molecule has 1 unspecified atom stereocenters. The molecule has 0 saturated heterocycles. The van der Waals surface area contributed by atoms with E-state index in [-0.39, 0.29) is 17.2 Å². The molecule has 0 fully saturated rings. The monoisotopic (exact) mass is 318 g/mol. The molecule has 1 aromatic carbocycles. The second-order valence-corrected chi connectivity index (χ2v) is 5.81. The molecule has 0 saturated carbocycles. The van der Waals surface area contributed by atoms with Gasteiger partial charge in [0.2, 0.25) is 0 Å². The van der Waals surface area contributed by atoms with Gasteiger partial charge in [-0.2, -0.15) is 0 Å². The predicted molar refractivity (Wildman–Crippen MR) is 72.0 cm³/mol. The topological polar surface area (TPSA) is 17.8 Å². The minimum absolute atomic E-state index is 0.191. The Bertz CT molecular complexity index is 563. The molecule has 92 valence electrons. The molecule has 0 N–H and O–H groups in total. The normalized spacial score (nSPS) is 13.6. The van der Waals surface area contributed by atoms with Crippen LogP contribution < -0.4 is 0 Å². The summed E-state index contributed by atoms with van der Waals surface area (Å²) in [6.45, 7) is 5.93. The molecular formula is C12H13BrClFN2. The standard InChI is InChI=1S/C12H13BrClFN2/c1-6(2)17-11-5-9(15)8(13)4-10(11)16-12(17)7(3)14/h4-7H,1-3H3. The van der Waals surface area contributed by atoms with Crippen LogP contribution in [0.4, 0.5) is 4.39 Å². The summed E-state index contributed by atoms with van der Waals surface area (Å²) in [5.41, 5.74) is 1.54. The summed E-state index contributed by atoms with van der Waals surface area (Å²) in [5, 5.41) is -0.202. The Labute approximate surface area is 113 Å². The largest absolute Gasteiger partial charge is 0.324 e. The number of alkyl halides is 1. The van der Waals surface area contributed by atoms with Crippen molar-refractivity contribution in [1.82, 2.24) is 9.55 Å². The van der Waals surface area contributed by atoms with E-state index in [1.54, 1.807) is 6.07 Å². The zero-order valence-corrected chi connectivity index (χ0v) is 12.2. The lowest BCUT2D eigenvalue weighted by Gasteiger charge is -2.14. The SMILES string of the molecule is CC(Cl)c1nc2cc(Br)c(F)cc2n1C(C)C. The van der Waals surface area contributed by atoms with Gasteiger partial charge in [0.15, 0.2) is 0 Å². The fourth-order valence-corrected chi connectivity index (χ4v) is 2.42. The predicted octanol–water partition coefficient (Wildman–Crippen LogP) is 4.82. The molecule has 2 nitrogen and oxygen atoms in total. The van der Waals surface area contributed by atoms with Crippen molar-refractivity contribution in [3.8, 4) is 0 Å². The maximum Gasteiger partial charge on any atom is 0.139 e. The average Bonchev–Trinajstić information content (AvgIpc) is 2.57. The molecule has 0 aliphatic carbocycles. The quantitative estimate of drug-likeness (QED) is 0.726. The highest BCUT2D eigenvalue weighted by Crippen LogP contribution is 2.30. The third-order valence-corrected chi connectivity index (χ3v) is 3.43. The first kappa shape index (κ1) is 12.8. The number of nitrogens with zero attached hydrogens (tertiary/aromatic N) is 2. The first-order valence-electron chi connectivity index (χ1n) is 5.42. The summed E-state index contributed by atoms with van der Waals surface area (Å²) in [7, 11) is 0. The molecule has 5 heteroatoms. The minimum atomic E-state index is -0.284. The fraction of sp³-hybridized carbons (Fsp3) is 0.417. The molecule has 2 aromatic rings. The molecule has 1 atom stereocenters. The first-order chi connectivity index (χ1) is 7.91. The van der Waals surface area contributed by atoms with E-state index in [9.17, 15) is 4.39 Å². The Morgan fingerprint density at radius 2 is 2.00 bits per heavy atom. The Balaban J connectivity index is 2.80. The lowest BCUT2D eigenvalue weighted by Crippen LogP contribution is -2.06. The molecule has 0 spiro atoms. The molecule has 0 radical (unpaired) electrons. The Morgan fingerprint density at radius 1 is 1.35 bits per heavy atom. The van der Waals surface area contributed by atoms with Gasteiger partial charge in [-0.3, -0.25) is 0 Å². The Hall–Kier alpha value is -0.610. The molecule has 0 amide bonds. The van der Waals surface area contributed by atoms with Crippen molar-refractivity contribution >= 4 is 38.6 Å². The van der Waals surface area contributed by atoms with Crippen molar-refractivity contribution in [2.24, 2.45) is 0 Å². The highest BCUT2D eigenvalue weighted by Gasteiger charge is 2.18. The Kier molecular flexibility index (Phi) is 3.46. The van der Waals surface area contributed by atoms with Crippen LogP contribution in [0.15, 0.2) is 16.6 Å². The van der Waals surface area contributed by atoms with E-state index in [0.717, 1.165) is 16.9 Å². The third kappa shape index (κ3) is 2.20. The first-order valence-corrected chi connectivity index (χ1v) is 6.65. The van der Waals surface area contributed by atoms with Gasteiger partial charge in [0.05, 0.1) is 20.9 Å². The van der Waals surface area contributed by atoms with Crippen molar-refractivity contribution in [2.75, 3.05) is 0 Å². The van der Waals surface area contributed by atoms with Crippen LogP contribution in [0, 0.1) is 5.82 Å². The van der Waals surface area contributed by atoms with E-state index in [0.29, 0.717) is 4.47 Å². The lowest BCUT2D eigenvalue weighted by molar-refractivity contribution is 0.581. The van der Waals surface area contributed by atoms with Crippen LogP contribution in [0.1, 0.15) is 38.0 Å². The molecule has 17 heavy (non-hydrogen) atoms. The van der Waals surface area contributed by atoms with Crippen LogP contribution in [0.5, 0.6) is 0 Å². The Morgan fingerprint density at radius 3 is 2.53 bits per heavy atom. The maximum absolute atomic E-state index is 13.6. The van der Waals surface area contributed by atoms with Gasteiger partial charge in [-0.05, 0) is 42.8 Å². The van der Waals surface area contributed by atoms with Crippen molar-refractivity contribution in [1.29, 1.82) is 0 Å². The summed E-state index contributed by atoms with van der Waals surface area (Å²) in [4.78, 5) is 4.47. The maximum atomic E-state index is 13.6. The van der Waals surface area contributed by atoms with Gasteiger partial charge in [-0.25, -0.2) is 9.37 Å². The average molecular weight is 320 g/mol. The number of rotatable bonds is 2. The molecular weight excluding hydrogens is 307 g/mol. The summed E-state index contributed by atoms with van der Waals surface area (Å²) in [6.07, 6.45) is 0. The number of hydrogen-bond acceptors (Lipinski definition) is 1. The molecule has 0 aliphatic rings. The van der Waals surface area contributed by atoms with Gasteiger partial charge in [0.1, 0.15) is 11.6 Å². The molecule has 0 aliphatic heterocycles. The summed E-state index contributed by atoms with van der Waals surface area (Å²) < 4.78 is 16.0. The van der Waals surface area contributed by atoms with E-state index in [1.807, 2.05) is 25.3 Å². The van der Waals surface area contributed by atoms with E-state index in [4.69, 9.17) is 11.6 Å². The van der Waals surface area contributed by atoms with Crippen molar-refractivity contribution in [3.63, 3.8) is 0 Å². The second-order valence-electron chi connectivity index (χ2n) is 4.30.